The Kier molecular flexibility index (Phi) is 8.17. The van der Waals surface area contributed by atoms with Gasteiger partial charge in [-0.15, -0.1) is 24.0 Å². The van der Waals surface area contributed by atoms with Gasteiger partial charge in [0.05, 0.1) is 19.3 Å². The summed E-state index contributed by atoms with van der Waals surface area (Å²) in [5.41, 5.74) is 2.31. The molecule has 1 unspecified atom stereocenters. The van der Waals surface area contributed by atoms with Gasteiger partial charge in [0.2, 0.25) is 0 Å². The monoisotopic (exact) mass is 489 g/mol. The molecule has 26 heavy (non-hydrogen) atoms. The van der Waals surface area contributed by atoms with Gasteiger partial charge in [-0.2, -0.15) is 5.10 Å². The van der Waals surface area contributed by atoms with E-state index in [1.807, 2.05) is 44.7 Å². The highest BCUT2D eigenvalue weighted by atomic mass is 127. The van der Waals surface area contributed by atoms with Crippen LogP contribution in [0.4, 0.5) is 0 Å². The molecular weight excluding hydrogens is 465 g/mol. The van der Waals surface area contributed by atoms with E-state index in [9.17, 15) is 0 Å². The quantitative estimate of drug-likeness (QED) is 0.408. The first-order chi connectivity index (χ1) is 12.2. The Hall–Kier alpha value is -1.32. The highest BCUT2D eigenvalue weighted by molar-refractivity contribution is 14.0. The molecule has 0 spiro atoms. The Balaban J connectivity index is 0.00000243. The lowest BCUT2D eigenvalue weighted by molar-refractivity contribution is -0.00800. The number of benzene rings is 1. The molecule has 0 amide bonds. The molecule has 6 nitrogen and oxygen atoms in total. The lowest BCUT2D eigenvalue weighted by Crippen LogP contribution is -2.48. The average molecular weight is 490 g/mol. The summed E-state index contributed by atoms with van der Waals surface area (Å²) in [7, 11) is 3.73. The molecule has 142 valence electrons. The summed E-state index contributed by atoms with van der Waals surface area (Å²) in [5.74, 6) is 0.902. The van der Waals surface area contributed by atoms with Gasteiger partial charge in [-0.1, -0.05) is 23.7 Å². The number of hydrogen-bond acceptors (Lipinski definition) is 3. The van der Waals surface area contributed by atoms with Crippen molar-refractivity contribution in [2.75, 3.05) is 33.3 Å². The van der Waals surface area contributed by atoms with E-state index >= 15 is 0 Å². The smallest absolute Gasteiger partial charge is 0.193 e. The van der Waals surface area contributed by atoms with Crippen LogP contribution in [0.2, 0.25) is 5.02 Å². The van der Waals surface area contributed by atoms with Crippen LogP contribution in [0.15, 0.2) is 41.7 Å². The van der Waals surface area contributed by atoms with Crippen LogP contribution in [-0.2, 0) is 18.2 Å². The summed E-state index contributed by atoms with van der Waals surface area (Å²) in [6.07, 6.45) is 4.79. The van der Waals surface area contributed by atoms with Gasteiger partial charge in [-0.05, 0) is 24.1 Å². The minimum absolute atomic E-state index is 0. The molecule has 1 N–H and O–H groups in total. The number of nitrogens with zero attached hydrogens (tertiary/aromatic N) is 4. The second kappa shape index (κ2) is 10.1. The van der Waals surface area contributed by atoms with Crippen LogP contribution in [0.3, 0.4) is 0 Å². The number of ether oxygens (including phenoxy) is 1. The van der Waals surface area contributed by atoms with Crippen molar-refractivity contribution in [1.82, 2.24) is 20.0 Å². The standard InChI is InChI=1S/C18H24ClN5O.HI/c1-20-18(21-7-6-14-4-3-5-16(19)10-14)24-8-9-25-17(13-24)15-11-22-23(2)12-15;/h3-5,10-12,17H,6-9,13H2,1-2H3,(H,20,21);1H. The lowest BCUT2D eigenvalue weighted by Gasteiger charge is -2.34. The molecule has 8 heteroatoms. The van der Waals surface area contributed by atoms with Gasteiger partial charge in [-0.25, -0.2) is 0 Å². The number of morpholine rings is 1. The molecule has 1 atom stereocenters. The van der Waals surface area contributed by atoms with Crippen molar-refractivity contribution in [2.24, 2.45) is 12.0 Å². The fourth-order valence-electron chi connectivity index (χ4n) is 2.99. The van der Waals surface area contributed by atoms with E-state index in [0.29, 0.717) is 6.61 Å². The molecule has 1 aromatic carbocycles. The minimum atomic E-state index is 0. The third-order valence-corrected chi connectivity index (χ3v) is 4.50. The Morgan fingerprint density at radius 3 is 3.00 bits per heavy atom. The average Bonchev–Trinajstić information content (AvgIpc) is 3.05. The number of aromatic nitrogens is 2. The van der Waals surface area contributed by atoms with Gasteiger partial charge in [0.25, 0.3) is 0 Å². The summed E-state index contributed by atoms with van der Waals surface area (Å²) in [4.78, 5) is 6.66. The first kappa shape index (κ1) is 21.0. The summed E-state index contributed by atoms with van der Waals surface area (Å²) in [5, 5.41) is 8.45. The SMILES string of the molecule is CN=C(NCCc1cccc(Cl)c1)N1CCOC(c2cnn(C)c2)C1.I. The predicted octanol–water partition coefficient (Wildman–Crippen LogP) is 2.88. The van der Waals surface area contributed by atoms with E-state index in [1.165, 1.54) is 5.56 Å². The van der Waals surface area contributed by atoms with Crippen molar-refractivity contribution >= 4 is 41.5 Å². The first-order valence-corrected chi connectivity index (χ1v) is 8.83. The van der Waals surface area contributed by atoms with E-state index in [-0.39, 0.29) is 30.1 Å². The van der Waals surface area contributed by atoms with Crippen LogP contribution >= 0.6 is 35.6 Å². The van der Waals surface area contributed by atoms with Gasteiger partial charge in [0, 0.05) is 44.0 Å². The number of halogens is 2. The van der Waals surface area contributed by atoms with Gasteiger partial charge in [0.15, 0.2) is 5.96 Å². The van der Waals surface area contributed by atoms with Crippen molar-refractivity contribution in [3.05, 3.63) is 52.8 Å². The van der Waals surface area contributed by atoms with Gasteiger partial charge >= 0.3 is 0 Å². The van der Waals surface area contributed by atoms with Crippen LogP contribution in [0, 0.1) is 0 Å². The molecule has 1 saturated heterocycles. The first-order valence-electron chi connectivity index (χ1n) is 8.46. The van der Waals surface area contributed by atoms with Crippen LogP contribution in [0.5, 0.6) is 0 Å². The fraction of sp³-hybridized carbons (Fsp3) is 0.444. The molecule has 0 saturated carbocycles. The number of aliphatic imine (C=N–C) groups is 1. The van der Waals surface area contributed by atoms with Crippen molar-refractivity contribution in [2.45, 2.75) is 12.5 Å². The third kappa shape index (κ3) is 5.59. The number of rotatable bonds is 4. The molecule has 0 radical (unpaired) electrons. The summed E-state index contributed by atoms with van der Waals surface area (Å²) in [6, 6.07) is 7.96. The van der Waals surface area contributed by atoms with E-state index in [4.69, 9.17) is 16.3 Å². The summed E-state index contributed by atoms with van der Waals surface area (Å²) < 4.78 is 7.70. The normalized spacial score (nSPS) is 17.7. The zero-order valence-corrected chi connectivity index (χ0v) is 18.1. The second-order valence-electron chi connectivity index (χ2n) is 6.11. The molecule has 1 aromatic heterocycles. The molecule has 1 aliphatic rings. The van der Waals surface area contributed by atoms with Crippen molar-refractivity contribution in [3.8, 4) is 0 Å². The third-order valence-electron chi connectivity index (χ3n) is 4.26. The van der Waals surface area contributed by atoms with E-state index < -0.39 is 0 Å². The number of aryl methyl sites for hydroxylation is 1. The Labute approximate surface area is 176 Å². The van der Waals surface area contributed by atoms with Crippen LogP contribution in [0.1, 0.15) is 17.2 Å². The number of nitrogens with one attached hydrogen (secondary N) is 1. The number of guanidine groups is 1. The predicted molar refractivity (Wildman–Crippen MR) is 115 cm³/mol. The van der Waals surface area contributed by atoms with Gasteiger partial charge in [0.1, 0.15) is 6.10 Å². The topological polar surface area (TPSA) is 54.7 Å². The Bertz CT molecular complexity index is 736. The molecule has 1 fully saturated rings. The second-order valence-corrected chi connectivity index (χ2v) is 6.54. The maximum absolute atomic E-state index is 6.04. The van der Waals surface area contributed by atoms with Crippen molar-refractivity contribution < 1.29 is 4.74 Å². The fourth-order valence-corrected chi connectivity index (χ4v) is 3.21. The molecule has 2 aromatic rings. The largest absolute Gasteiger partial charge is 0.370 e. The Morgan fingerprint density at radius 2 is 2.31 bits per heavy atom. The molecular formula is C18H25ClIN5O. The van der Waals surface area contributed by atoms with Crippen molar-refractivity contribution in [1.29, 1.82) is 0 Å². The van der Waals surface area contributed by atoms with Crippen LogP contribution < -0.4 is 5.32 Å². The van der Waals surface area contributed by atoms with Crippen molar-refractivity contribution in [3.63, 3.8) is 0 Å². The molecule has 1 aliphatic heterocycles. The number of hydrogen-bond donors (Lipinski definition) is 1. The molecule has 2 heterocycles. The summed E-state index contributed by atoms with van der Waals surface area (Å²) in [6.45, 7) is 3.08. The minimum Gasteiger partial charge on any atom is -0.370 e. The maximum atomic E-state index is 6.04. The zero-order chi connectivity index (χ0) is 17.6. The molecule has 0 bridgehead atoms. The Morgan fingerprint density at radius 1 is 1.46 bits per heavy atom. The van der Waals surface area contributed by atoms with E-state index in [0.717, 1.165) is 42.6 Å². The molecule has 0 aliphatic carbocycles. The lowest BCUT2D eigenvalue weighted by atomic mass is 10.1. The maximum Gasteiger partial charge on any atom is 0.193 e. The highest BCUT2D eigenvalue weighted by Crippen LogP contribution is 2.21. The van der Waals surface area contributed by atoms with E-state index in [2.05, 4.69) is 26.4 Å². The van der Waals surface area contributed by atoms with Crippen LogP contribution in [-0.4, -0.2) is 53.9 Å². The highest BCUT2D eigenvalue weighted by Gasteiger charge is 2.24. The van der Waals surface area contributed by atoms with Crippen LogP contribution in [0.25, 0.3) is 0 Å². The van der Waals surface area contributed by atoms with Gasteiger partial charge in [-0.3, -0.25) is 9.67 Å². The van der Waals surface area contributed by atoms with E-state index in [1.54, 1.807) is 4.68 Å². The zero-order valence-electron chi connectivity index (χ0n) is 15.1. The van der Waals surface area contributed by atoms with Gasteiger partial charge < -0.3 is 15.0 Å². The molecule has 3 rings (SSSR count). The summed E-state index contributed by atoms with van der Waals surface area (Å²) >= 11 is 6.04.